The Morgan fingerprint density at radius 1 is 1.15 bits per heavy atom. The highest BCUT2D eigenvalue weighted by Crippen LogP contribution is 2.14. The van der Waals surface area contributed by atoms with Gasteiger partial charge in [0.1, 0.15) is 0 Å². The van der Waals surface area contributed by atoms with Gasteiger partial charge in [0.25, 0.3) is 0 Å². The SMILES string of the molecule is C/C(=N/Nc1cccc(C(=O)O)c1)c1cccc(Br)c1. The maximum Gasteiger partial charge on any atom is 0.335 e. The first-order valence-electron chi connectivity index (χ1n) is 5.96. The standard InChI is InChI=1S/C15H13BrN2O2/c1-10(11-4-2-6-13(16)8-11)17-18-14-7-3-5-12(9-14)15(19)20/h2-9,18H,1H3,(H,19,20)/b17-10-. The van der Waals surface area contributed by atoms with E-state index in [0.29, 0.717) is 5.69 Å². The highest BCUT2D eigenvalue weighted by Gasteiger charge is 2.03. The van der Waals surface area contributed by atoms with Crippen molar-refractivity contribution < 1.29 is 9.90 Å². The summed E-state index contributed by atoms with van der Waals surface area (Å²) < 4.78 is 0.984. The molecule has 2 rings (SSSR count). The number of benzene rings is 2. The van der Waals surface area contributed by atoms with Gasteiger partial charge in [-0.3, -0.25) is 5.43 Å². The molecule has 0 saturated carbocycles. The molecule has 0 spiro atoms. The summed E-state index contributed by atoms with van der Waals surface area (Å²) in [5.41, 5.74) is 5.53. The molecule has 20 heavy (non-hydrogen) atoms. The van der Waals surface area contributed by atoms with Crippen LogP contribution in [-0.4, -0.2) is 16.8 Å². The summed E-state index contributed by atoms with van der Waals surface area (Å²) in [5.74, 6) is -0.957. The fourth-order valence-corrected chi connectivity index (χ4v) is 2.05. The Balaban J connectivity index is 2.16. The number of hydrogen-bond donors (Lipinski definition) is 2. The Morgan fingerprint density at radius 2 is 1.85 bits per heavy atom. The smallest absolute Gasteiger partial charge is 0.335 e. The Kier molecular flexibility index (Phi) is 4.53. The molecule has 0 heterocycles. The van der Waals surface area contributed by atoms with E-state index in [1.165, 1.54) is 0 Å². The quantitative estimate of drug-likeness (QED) is 0.657. The highest BCUT2D eigenvalue weighted by molar-refractivity contribution is 9.10. The minimum absolute atomic E-state index is 0.227. The van der Waals surface area contributed by atoms with E-state index in [1.54, 1.807) is 24.3 Å². The Bertz CT molecular complexity index is 668. The number of halogens is 1. The van der Waals surface area contributed by atoms with Crippen molar-refractivity contribution in [2.45, 2.75) is 6.92 Å². The minimum atomic E-state index is -0.957. The molecule has 2 aromatic carbocycles. The zero-order valence-corrected chi connectivity index (χ0v) is 12.4. The Morgan fingerprint density at radius 3 is 2.55 bits per heavy atom. The van der Waals surface area contributed by atoms with Crippen LogP contribution >= 0.6 is 15.9 Å². The lowest BCUT2D eigenvalue weighted by Crippen LogP contribution is -2.01. The normalized spacial score (nSPS) is 11.2. The fourth-order valence-electron chi connectivity index (χ4n) is 1.65. The van der Waals surface area contributed by atoms with Crippen molar-refractivity contribution in [3.05, 3.63) is 64.1 Å². The predicted molar refractivity (Wildman–Crippen MR) is 83.4 cm³/mol. The maximum absolute atomic E-state index is 10.9. The Labute approximate surface area is 125 Å². The molecule has 2 N–H and O–H groups in total. The lowest BCUT2D eigenvalue weighted by atomic mass is 10.1. The first-order valence-corrected chi connectivity index (χ1v) is 6.75. The largest absolute Gasteiger partial charge is 0.478 e. The van der Waals surface area contributed by atoms with Crippen LogP contribution in [0.4, 0.5) is 5.69 Å². The number of aromatic carboxylic acids is 1. The first-order chi connectivity index (χ1) is 9.56. The van der Waals surface area contributed by atoms with Crippen molar-refractivity contribution in [2.75, 3.05) is 5.43 Å². The summed E-state index contributed by atoms with van der Waals surface area (Å²) in [5, 5.41) is 13.2. The summed E-state index contributed by atoms with van der Waals surface area (Å²) >= 11 is 3.41. The van der Waals surface area contributed by atoms with Crippen LogP contribution in [0, 0.1) is 0 Å². The van der Waals surface area contributed by atoms with Gasteiger partial charge in [-0.25, -0.2) is 4.79 Å². The molecule has 0 amide bonds. The van der Waals surface area contributed by atoms with E-state index >= 15 is 0 Å². The molecule has 0 radical (unpaired) electrons. The van der Waals surface area contributed by atoms with E-state index in [-0.39, 0.29) is 5.56 Å². The van der Waals surface area contributed by atoms with Crippen LogP contribution in [0.1, 0.15) is 22.8 Å². The number of nitrogens with zero attached hydrogens (tertiary/aromatic N) is 1. The van der Waals surface area contributed by atoms with E-state index < -0.39 is 5.97 Å². The summed E-state index contributed by atoms with van der Waals surface area (Å²) in [6, 6.07) is 14.3. The molecule has 0 aliphatic heterocycles. The van der Waals surface area contributed by atoms with Gasteiger partial charge in [-0.05, 0) is 42.8 Å². The van der Waals surface area contributed by atoms with Crippen LogP contribution in [0.25, 0.3) is 0 Å². The van der Waals surface area contributed by atoms with Crippen molar-refractivity contribution in [1.29, 1.82) is 0 Å². The first kappa shape index (κ1) is 14.3. The van der Waals surface area contributed by atoms with Gasteiger partial charge in [0, 0.05) is 4.47 Å². The third kappa shape index (κ3) is 3.68. The van der Waals surface area contributed by atoms with E-state index in [0.717, 1.165) is 15.7 Å². The third-order valence-corrected chi connectivity index (χ3v) is 3.20. The molecular weight excluding hydrogens is 320 g/mol. The number of carboxylic acid groups (broad SMARTS) is 1. The zero-order valence-electron chi connectivity index (χ0n) is 10.8. The van der Waals surface area contributed by atoms with E-state index in [1.807, 2.05) is 31.2 Å². The van der Waals surface area contributed by atoms with Gasteiger partial charge < -0.3 is 5.11 Å². The molecule has 2 aromatic rings. The molecule has 0 aromatic heterocycles. The van der Waals surface area contributed by atoms with Gasteiger partial charge in [0.05, 0.1) is 17.0 Å². The summed E-state index contributed by atoms with van der Waals surface area (Å²) in [4.78, 5) is 10.9. The zero-order chi connectivity index (χ0) is 14.5. The van der Waals surface area contributed by atoms with Crippen LogP contribution in [0.3, 0.4) is 0 Å². The number of carbonyl (C=O) groups is 1. The van der Waals surface area contributed by atoms with Gasteiger partial charge in [-0.1, -0.05) is 34.1 Å². The molecule has 0 aliphatic carbocycles. The second kappa shape index (κ2) is 6.34. The van der Waals surface area contributed by atoms with E-state index in [9.17, 15) is 4.79 Å². The molecule has 0 saturated heterocycles. The van der Waals surface area contributed by atoms with Crippen LogP contribution in [0.5, 0.6) is 0 Å². The molecule has 0 aliphatic rings. The van der Waals surface area contributed by atoms with E-state index in [2.05, 4.69) is 26.5 Å². The van der Waals surface area contributed by atoms with Crippen LogP contribution in [0.15, 0.2) is 58.1 Å². The number of hydrazone groups is 1. The maximum atomic E-state index is 10.9. The van der Waals surface area contributed by atoms with Crippen molar-refractivity contribution in [3.8, 4) is 0 Å². The number of nitrogens with one attached hydrogen (secondary N) is 1. The molecule has 0 unspecified atom stereocenters. The topological polar surface area (TPSA) is 61.7 Å². The molecule has 102 valence electrons. The van der Waals surface area contributed by atoms with Crippen molar-refractivity contribution in [3.63, 3.8) is 0 Å². The van der Waals surface area contributed by atoms with Crippen LogP contribution in [-0.2, 0) is 0 Å². The second-order valence-corrected chi connectivity index (χ2v) is 5.12. The van der Waals surface area contributed by atoms with Gasteiger partial charge in [0.15, 0.2) is 0 Å². The average molecular weight is 333 g/mol. The number of anilines is 1. The molecule has 0 bridgehead atoms. The third-order valence-electron chi connectivity index (χ3n) is 2.70. The second-order valence-electron chi connectivity index (χ2n) is 4.21. The Hall–Kier alpha value is -2.14. The van der Waals surface area contributed by atoms with E-state index in [4.69, 9.17) is 5.11 Å². The van der Waals surface area contributed by atoms with Crippen molar-refractivity contribution >= 4 is 33.3 Å². The highest BCUT2D eigenvalue weighted by atomic mass is 79.9. The van der Waals surface area contributed by atoms with Crippen LogP contribution < -0.4 is 5.43 Å². The summed E-state index contributed by atoms with van der Waals surface area (Å²) in [6.07, 6.45) is 0. The fraction of sp³-hybridized carbons (Fsp3) is 0.0667. The average Bonchev–Trinajstić information content (AvgIpc) is 2.45. The number of rotatable bonds is 4. The molecule has 5 heteroatoms. The van der Waals surface area contributed by atoms with Gasteiger partial charge >= 0.3 is 5.97 Å². The summed E-state index contributed by atoms with van der Waals surface area (Å²) in [6.45, 7) is 1.88. The lowest BCUT2D eigenvalue weighted by Gasteiger charge is -2.05. The monoisotopic (exact) mass is 332 g/mol. The number of hydrogen-bond acceptors (Lipinski definition) is 3. The predicted octanol–water partition coefficient (Wildman–Crippen LogP) is 3.98. The summed E-state index contributed by atoms with van der Waals surface area (Å²) in [7, 11) is 0. The number of carboxylic acids is 1. The molecular formula is C15H13BrN2O2. The van der Waals surface area contributed by atoms with Crippen LogP contribution in [0.2, 0.25) is 0 Å². The minimum Gasteiger partial charge on any atom is -0.478 e. The van der Waals surface area contributed by atoms with Gasteiger partial charge in [-0.15, -0.1) is 0 Å². The molecule has 0 fully saturated rings. The van der Waals surface area contributed by atoms with Gasteiger partial charge in [-0.2, -0.15) is 5.10 Å². The van der Waals surface area contributed by atoms with Gasteiger partial charge in [0.2, 0.25) is 0 Å². The van der Waals surface area contributed by atoms with Crippen molar-refractivity contribution in [2.24, 2.45) is 5.10 Å². The lowest BCUT2D eigenvalue weighted by molar-refractivity contribution is 0.0697. The van der Waals surface area contributed by atoms with Crippen molar-refractivity contribution in [1.82, 2.24) is 0 Å². The molecule has 0 atom stereocenters. The molecule has 4 nitrogen and oxygen atoms in total.